The number of nitrogens with zero attached hydrogens (tertiary/aromatic N) is 2. The number of ether oxygens (including phenoxy) is 1. The fourth-order valence-electron chi connectivity index (χ4n) is 3.58. The molecule has 4 rings (SSSR count). The summed E-state index contributed by atoms with van der Waals surface area (Å²) in [6.07, 6.45) is 1.62. The van der Waals surface area contributed by atoms with Gasteiger partial charge in [-0.2, -0.15) is 0 Å². The van der Waals surface area contributed by atoms with Gasteiger partial charge in [-0.1, -0.05) is 46.9 Å². The number of halogens is 3. The monoisotopic (exact) mass is 463 g/mol. The maximum atomic E-state index is 13.2. The van der Waals surface area contributed by atoms with E-state index in [4.69, 9.17) is 39.5 Å². The highest BCUT2D eigenvalue weighted by molar-refractivity contribution is 6.36. The summed E-state index contributed by atoms with van der Waals surface area (Å²) in [5, 5.41) is 1.63. The zero-order valence-corrected chi connectivity index (χ0v) is 18.6. The minimum absolute atomic E-state index is 0.123. The van der Waals surface area contributed by atoms with Crippen LogP contribution in [0.15, 0.2) is 42.5 Å². The lowest BCUT2D eigenvalue weighted by Crippen LogP contribution is -2.41. The molecule has 1 aliphatic rings. The smallest absolute Gasteiger partial charge is 0.289 e. The minimum atomic E-state index is -0.173. The second-order valence-electron chi connectivity index (χ2n) is 7.20. The molecular formula is C22H20Cl3N3O2. The maximum absolute atomic E-state index is 13.2. The Kier molecular flexibility index (Phi) is 6.34. The third kappa shape index (κ3) is 4.35. The SMILES string of the molecule is CN(C(=O)c1nc(-c2ccc(Cl)cc2)c(-c2ccc(Cl)cc2Cl)[nH]1)C1CCOCC1. The number of benzene rings is 2. The number of aromatic nitrogens is 2. The predicted octanol–water partition coefficient (Wildman–Crippen LogP) is 5.95. The van der Waals surface area contributed by atoms with Crippen molar-refractivity contribution in [1.29, 1.82) is 0 Å². The van der Waals surface area contributed by atoms with E-state index in [1.54, 1.807) is 36.2 Å². The Labute approximate surface area is 189 Å². The molecule has 0 bridgehead atoms. The summed E-state index contributed by atoms with van der Waals surface area (Å²) in [6, 6.07) is 12.7. The van der Waals surface area contributed by atoms with Crippen LogP contribution in [-0.2, 0) is 4.74 Å². The van der Waals surface area contributed by atoms with Crippen molar-refractivity contribution >= 4 is 40.7 Å². The van der Waals surface area contributed by atoms with E-state index < -0.39 is 0 Å². The van der Waals surface area contributed by atoms with Gasteiger partial charge >= 0.3 is 0 Å². The van der Waals surface area contributed by atoms with Crippen LogP contribution in [0, 0.1) is 0 Å². The normalized spacial score (nSPS) is 14.7. The van der Waals surface area contributed by atoms with Gasteiger partial charge < -0.3 is 14.6 Å². The molecule has 8 heteroatoms. The number of hydrogen-bond donors (Lipinski definition) is 1. The predicted molar refractivity (Wildman–Crippen MR) is 120 cm³/mol. The van der Waals surface area contributed by atoms with E-state index in [0.29, 0.717) is 45.2 Å². The van der Waals surface area contributed by atoms with Crippen LogP contribution < -0.4 is 0 Å². The third-order valence-electron chi connectivity index (χ3n) is 5.28. The van der Waals surface area contributed by atoms with Gasteiger partial charge in [-0.25, -0.2) is 4.98 Å². The molecule has 0 spiro atoms. The van der Waals surface area contributed by atoms with Crippen molar-refractivity contribution < 1.29 is 9.53 Å². The molecule has 0 saturated carbocycles. The van der Waals surface area contributed by atoms with E-state index in [2.05, 4.69) is 9.97 Å². The average Bonchev–Trinajstić information content (AvgIpc) is 3.19. The van der Waals surface area contributed by atoms with Crippen molar-refractivity contribution in [3.05, 3.63) is 63.4 Å². The van der Waals surface area contributed by atoms with Gasteiger partial charge in [0.15, 0.2) is 5.82 Å². The molecule has 30 heavy (non-hydrogen) atoms. The summed E-state index contributed by atoms with van der Waals surface area (Å²) in [7, 11) is 1.80. The first-order valence-electron chi connectivity index (χ1n) is 9.60. The van der Waals surface area contributed by atoms with Gasteiger partial charge in [0.2, 0.25) is 0 Å². The van der Waals surface area contributed by atoms with E-state index in [-0.39, 0.29) is 17.8 Å². The van der Waals surface area contributed by atoms with E-state index in [1.807, 2.05) is 18.2 Å². The Hall–Kier alpha value is -2.05. The number of aromatic amines is 1. The van der Waals surface area contributed by atoms with Crippen LogP contribution in [-0.4, -0.2) is 47.1 Å². The van der Waals surface area contributed by atoms with E-state index >= 15 is 0 Å². The van der Waals surface area contributed by atoms with Gasteiger partial charge in [0.1, 0.15) is 0 Å². The van der Waals surface area contributed by atoms with E-state index in [0.717, 1.165) is 18.4 Å². The molecule has 0 atom stereocenters. The molecule has 0 unspecified atom stereocenters. The van der Waals surface area contributed by atoms with Gasteiger partial charge in [-0.05, 0) is 43.2 Å². The maximum Gasteiger partial charge on any atom is 0.289 e. The van der Waals surface area contributed by atoms with Gasteiger partial charge in [0.05, 0.1) is 16.4 Å². The Morgan fingerprint density at radius 2 is 1.73 bits per heavy atom. The summed E-state index contributed by atoms with van der Waals surface area (Å²) in [4.78, 5) is 22.8. The first kappa shape index (κ1) is 21.2. The fraction of sp³-hybridized carbons (Fsp3) is 0.273. The van der Waals surface area contributed by atoms with Crippen LogP contribution in [0.1, 0.15) is 23.5 Å². The number of imidazole rings is 1. The molecule has 2 heterocycles. The summed E-state index contributed by atoms with van der Waals surface area (Å²) in [5.74, 6) is 0.0865. The number of rotatable bonds is 4. The summed E-state index contributed by atoms with van der Waals surface area (Å²) < 4.78 is 5.41. The highest BCUT2D eigenvalue weighted by Gasteiger charge is 2.27. The topological polar surface area (TPSA) is 58.2 Å². The lowest BCUT2D eigenvalue weighted by Gasteiger charge is -2.30. The molecule has 2 aromatic carbocycles. The largest absolute Gasteiger partial charge is 0.381 e. The molecule has 5 nitrogen and oxygen atoms in total. The van der Waals surface area contributed by atoms with E-state index in [9.17, 15) is 4.79 Å². The molecular weight excluding hydrogens is 445 g/mol. The first-order chi connectivity index (χ1) is 14.4. The van der Waals surface area contributed by atoms with Crippen molar-refractivity contribution in [2.45, 2.75) is 18.9 Å². The number of hydrogen-bond acceptors (Lipinski definition) is 3. The molecule has 0 aliphatic carbocycles. The third-order valence-corrected chi connectivity index (χ3v) is 6.08. The Morgan fingerprint density at radius 3 is 2.40 bits per heavy atom. The second kappa shape index (κ2) is 8.98. The molecule has 156 valence electrons. The number of H-pyrrole nitrogens is 1. The van der Waals surface area contributed by atoms with Gasteiger partial charge in [0, 0.05) is 47.5 Å². The quantitative estimate of drug-likeness (QED) is 0.518. The van der Waals surface area contributed by atoms with Crippen molar-refractivity contribution in [2.24, 2.45) is 0 Å². The Balaban J connectivity index is 1.77. The van der Waals surface area contributed by atoms with Crippen LogP contribution in [0.3, 0.4) is 0 Å². The lowest BCUT2D eigenvalue weighted by atomic mass is 10.1. The summed E-state index contributed by atoms with van der Waals surface area (Å²) in [6.45, 7) is 1.31. The van der Waals surface area contributed by atoms with Crippen molar-refractivity contribution in [2.75, 3.05) is 20.3 Å². The highest BCUT2D eigenvalue weighted by atomic mass is 35.5. The molecule has 1 N–H and O–H groups in total. The average molecular weight is 465 g/mol. The molecule has 1 amide bonds. The zero-order chi connectivity index (χ0) is 21.3. The second-order valence-corrected chi connectivity index (χ2v) is 8.48. The van der Waals surface area contributed by atoms with Gasteiger partial charge in [-0.3, -0.25) is 4.79 Å². The Morgan fingerprint density at radius 1 is 1.07 bits per heavy atom. The lowest BCUT2D eigenvalue weighted by molar-refractivity contribution is 0.0356. The van der Waals surface area contributed by atoms with Crippen molar-refractivity contribution in [3.63, 3.8) is 0 Å². The van der Waals surface area contributed by atoms with Crippen LogP contribution in [0.4, 0.5) is 0 Å². The van der Waals surface area contributed by atoms with Crippen LogP contribution in [0.25, 0.3) is 22.5 Å². The molecule has 1 aliphatic heterocycles. The summed E-state index contributed by atoms with van der Waals surface area (Å²) >= 11 is 18.6. The van der Waals surface area contributed by atoms with E-state index in [1.165, 1.54) is 0 Å². The first-order valence-corrected chi connectivity index (χ1v) is 10.7. The Bertz CT molecular complexity index is 1060. The number of amides is 1. The number of carbonyl (C=O) groups excluding carboxylic acids is 1. The van der Waals surface area contributed by atoms with Crippen molar-refractivity contribution in [1.82, 2.24) is 14.9 Å². The zero-order valence-electron chi connectivity index (χ0n) is 16.3. The molecule has 3 aromatic rings. The van der Waals surface area contributed by atoms with Crippen LogP contribution >= 0.6 is 34.8 Å². The van der Waals surface area contributed by atoms with Crippen LogP contribution in [0.5, 0.6) is 0 Å². The van der Waals surface area contributed by atoms with Crippen molar-refractivity contribution in [3.8, 4) is 22.5 Å². The molecule has 1 saturated heterocycles. The molecule has 1 fully saturated rings. The fourth-order valence-corrected chi connectivity index (χ4v) is 4.21. The summed E-state index contributed by atoms with van der Waals surface area (Å²) in [5.41, 5.74) is 2.82. The highest BCUT2D eigenvalue weighted by Crippen LogP contribution is 2.36. The number of nitrogens with one attached hydrogen (secondary N) is 1. The molecule has 1 aromatic heterocycles. The minimum Gasteiger partial charge on any atom is -0.381 e. The number of carbonyl (C=O) groups is 1. The van der Waals surface area contributed by atoms with Gasteiger partial charge in [0.25, 0.3) is 5.91 Å². The standard InChI is InChI=1S/C22H20Cl3N3O2/c1-28(16-8-10-30-11-9-16)22(29)21-26-19(13-2-4-14(23)5-3-13)20(27-21)17-7-6-15(24)12-18(17)25/h2-7,12,16H,8-11H2,1H3,(H,26,27). The van der Waals surface area contributed by atoms with Gasteiger partial charge in [-0.15, -0.1) is 0 Å². The van der Waals surface area contributed by atoms with Crippen LogP contribution in [0.2, 0.25) is 15.1 Å². The molecule has 0 radical (unpaired) electrons.